The van der Waals surface area contributed by atoms with Crippen LogP contribution in [0.25, 0.3) is 0 Å². The van der Waals surface area contributed by atoms with Crippen LogP contribution in [-0.4, -0.2) is 74.7 Å². The minimum atomic E-state index is -1.64. The minimum Gasteiger partial charge on any atom is -0.179 e. The summed E-state index contributed by atoms with van der Waals surface area (Å²) in [6.07, 6.45) is 7.24. The normalized spacial score (nSPS) is 10.9. The zero-order valence-electron chi connectivity index (χ0n) is 22.6. The van der Waals surface area contributed by atoms with E-state index in [1.54, 1.807) is 24.2 Å². The second-order valence-electron chi connectivity index (χ2n) is 7.97. The van der Waals surface area contributed by atoms with Crippen LogP contribution < -0.4 is 0 Å². The van der Waals surface area contributed by atoms with Crippen LogP contribution in [0.5, 0.6) is 0 Å². The van der Waals surface area contributed by atoms with Crippen molar-refractivity contribution in [2.75, 3.05) is 58.5 Å². The molecule has 0 aromatic heterocycles. The molecule has 0 spiro atoms. The summed E-state index contributed by atoms with van der Waals surface area (Å²) in [5.74, 6) is 10.1. The molecule has 0 radical (unpaired) electrons. The average molecular weight is 615 g/mol. The van der Waals surface area contributed by atoms with Crippen molar-refractivity contribution < 1.29 is 0 Å². The second kappa shape index (κ2) is 30.7. The Kier molecular flexibility index (Phi) is 36.1. The van der Waals surface area contributed by atoms with Crippen LogP contribution >= 0.6 is 72.3 Å². The molecule has 0 atom stereocenters. The van der Waals surface area contributed by atoms with Gasteiger partial charge in [0.2, 0.25) is 0 Å². The number of rotatable bonds is 21. The quantitative estimate of drug-likeness (QED) is 0.0750. The van der Waals surface area contributed by atoms with Gasteiger partial charge in [-0.2, -0.15) is 72.3 Å². The third-order valence-corrected chi connectivity index (χ3v) is 19.4. The lowest BCUT2D eigenvalue weighted by atomic mass is 10.6. The van der Waals surface area contributed by atoms with Crippen LogP contribution in [0.1, 0.15) is 26.7 Å². The number of thioether (sulfide) groups is 4. The van der Waals surface area contributed by atoms with Gasteiger partial charge in [-0.15, -0.1) is 26.3 Å². The van der Waals surface area contributed by atoms with Crippen LogP contribution in [0, 0.1) is 0 Å². The van der Waals surface area contributed by atoms with Crippen molar-refractivity contribution in [3.63, 3.8) is 0 Å². The predicted octanol–water partition coefficient (Wildman–Crippen LogP) is 9.63. The summed E-state index contributed by atoms with van der Waals surface area (Å²) in [7, 11) is -2.66. The van der Waals surface area contributed by atoms with Gasteiger partial charge < -0.3 is 0 Å². The molecular formula is C26H54S6Si2. The molecule has 0 aliphatic heterocycles. The fourth-order valence-corrected chi connectivity index (χ4v) is 16.2. The number of thiol groups is 2. The molecule has 0 rings (SSSR count). The minimum absolute atomic E-state index is 0.878. The predicted molar refractivity (Wildman–Crippen MR) is 191 cm³/mol. The van der Waals surface area contributed by atoms with Gasteiger partial charge in [-0.25, -0.2) is 0 Å². The maximum atomic E-state index is 3.84. The molecule has 0 aliphatic carbocycles. The standard InChI is InChI=1S/C16H36S4Si.C8H12Si.C2H6S2/c1-5-7-19-11-15-21(13-9-17-3,14-10-18-4)16-12-20-8-6-2;1-5-9(6-2,7-3)8-4;3-1-2-4/h5-16H2,1-4H3;5-8H,1-4H2;3-4H,1-2H2. The van der Waals surface area contributed by atoms with Crippen molar-refractivity contribution in [2.24, 2.45) is 0 Å². The van der Waals surface area contributed by atoms with Crippen molar-refractivity contribution in [1.82, 2.24) is 0 Å². The molecule has 0 aromatic carbocycles. The highest BCUT2D eigenvalue weighted by Gasteiger charge is 2.30. The van der Waals surface area contributed by atoms with E-state index in [-0.39, 0.29) is 0 Å². The zero-order chi connectivity index (χ0) is 26.6. The summed E-state index contributed by atoms with van der Waals surface area (Å²) in [6, 6.07) is 6.28. The highest BCUT2D eigenvalue weighted by atomic mass is 32.2. The third-order valence-electron chi connectivity index (χ3n) is 5.44. The SMILES string of the molecule is C=C[Si](C=C)(C=C)C=C.CCCSCC[Si](CCSC)(CCSC)CCSCCC.SCCS. The van der Waals surface area contributed by atoms with Gasteiger partial charge in [0.05, 0.1) is 8.07 Å². The van der Waals surface area contributed by atoms with Gasteiger partial charge in [-0.05, 0) is 95.6 Å². The van der Waals surface area contributed by atoms with Gasteiger partial charge in [-0.1, -0.05) is 36.6 Å². The van der Waals surface area contributed by atoms with E-state index in [0.29, 0.717) is 0 Å². The van der Waals surface area contributed by atoms with Crippen molar-refractivity contribution in [3.8, 4) is 0 Å². The summed E-state index contributed by atoms with van der Waals surface area (Å²) < 4.78 is 0. The van der Waals surface area contributed by atoms with E-state index in [0.717, 1.165) is 11.5 Å². The van der Waals surface area contributed by atoms with E-state index in [4.69, 9.17) is 0 Å². The largest absolute Gasteiger partial charge is 0.179 e. The van der Waals surface area contributed by atoms with Crippen LogP contribution in [0.2, 0.25) is 24.2 Å². The summed E-state index contributed by atoms with van der Waals surface area (Å²) in [4.78, 5) is 0. The molecule has 0 nitrogen and oxygen atoms in total. The molecule has 0 aliphatic rings. The van der Waals surface area contributed by atoms with Gasteiger partial charge in [0.25, 0.3) is 0 Å². The van der Waals surface area contributed by atoms with Gasteiger partial charge in [0, 0.05) is 0 Å². The van der Waals surface area contributed by atoms with Crippen molar-refractivity contribution >= 4 is 88.5 Å². The van der Waals surface area contributed by atoms with Crippen LogP contribution in [0.3, 0.4) is 0 Å². The monoisotopic (exact) mass is 614 g/mol. The van der Waals surface area contributed by atoms with E-state index in [1.807, 2.05) is 22.8 Å². The Morgan fingerprint density at radius 3 is 1.12 bits per heavy atom. The summed E-state index contributed by atoms with van der Waals surface area (Å²) in [5, 5.41) is 0. The van der Waals surface area contributed by atoms with Crippen LogP contribution in [-0.2, 0) is 0 Å². The summed E-state index contributed by atoms with van der Waals surface area (Å²) >= 11 is 16.2. The second-order valence-corrected chi connectivity index (χ2v) is 21.9. The maximum absolute atomic E-state index is 3.84. The first-order valence-electron chi connectivity index (χ1n) is 12.3. The molecule has 8 heteroatoms. The molecule has 34 heavy (non-hydrogen) atoms. The molecule has 0 N–H and O–H groups in total. The van der Waals surface area contributed by atoms with Crippen molar-refractivity contribution in [2.45, 2.75) is 50.9 Å². The van der Waals surface area contributed by atoms with Gasteiger partial charge in [-0.3, -0.25) is 0 Å². The molecule has 202 valence electrons. The molecule has 0 saturated carbocycles. The topological polar surface area (TPSA) is 0 Å². The van der Waals surface area contributed by atoms with Gasteiger partial charge in [0.15, 0.2) is 0 Å². The fourth-order valence-electron chi connectivity index (χ4n) is 2.96. The molecule has 0 amide bonds. The number of hydrogen-bond donors (Lipinski definition) is 2. The zero-order valence-corrected chi connectivity index (χ0v) is 29.6. The Labute approximate surface area is 245 Å². The lowest BCUT2D eigenvalue weighted by molar-refractivity contribution is 1.09. The van der Waals surface area contributed by atoms with Crippen LogP contribution in [0.4, 0.5) is 0 Å². The molecule has 0 heterocycles. The van der Waals surface area contributed by atoms with Crippen LogP contribution in [0.15, 0.2) is 49.1 Å². The van der Waals surface area contributed by atoms with Crippen molar-refractivity contribution in [1.29, 1.82) is 0 Å². The molecule has 0 saturated heterocycles. The highest BCUT2D eigenvalue weighted by molar-refractivity contribution is 8.00. The van der Waals surface area contributed by atoms with Crippen molar-refractivity contribution in [3.05, 3.63) is 49.1 Å². The van der Waals surface area contributed by atoms with E-state index in [1.165, 1.54) is 47.4 Å². The molecular weight excluding hydrogens is 561 g/mol. The lowest BCUT2D eigenvalue weighted by Crippen LogP contribution is -2.37. The summed E-state index contributed by atoms with van der Waals surface area (Å²) in [6.45, 7) is 19.4. The highest BCUT2D eigenvalue weighted by Crippen LogP contribution is 2.32. The average Bonchev–Trinajstić information content (AvgIpc) is 2.88. The third kappa shape index (κ3) is 23.9. The Hall–Kier alpha value is 1.49. The van der Waals surface area contributed by atoms with Gasteiger partial charge >= 0.3 is 0 Å². The Morgan fingerprint density at radius 1 is 0.588 bits per heavy atom. The molecule has 0 fully saturated rings. The smallest absolute Gasteiger partial charge is 0.148 e. The van der Waals surface area contributed by atoms with E-state index in [9.17, 15) is 0 Å². The first-order chi connectivity index (χ1) is 16.4. The summed E-state index contributed by atoms with van der Waals surface area (Å²) in [5.41, 5.74) is 7.56. The fraction of sp³-hybridized carbons (Fsp3) is 0.692. The Bertz CT molecular complexity index is 413. The molecule has 0 unspecified atom stereocenters. The lowest BCUT2D eigenvalue weighted by Gasteiger charge is -2.32. The molecule has 0 bridgehead atoms. The first kappa shape index (κ1) is 40.0. The van der Waals surface area contributed by atoms with E-state index < -0.39 is 16.1 Å². The van der Waals surface area contributed by atoms with E-state index >= 15 is 0 Å². The Morgan fingerprint density at radius 2 is 0.912 bits per heavy atom. The van der Waals surface area contributed by atoms with E-state index in [2.05, 4.69) is 125 Å². The van der Waals surface area contributed by atoms with Gasteiger partial charge in [0.1, 0.15) is 8.07 Å². The Balaban J connectivity index is -0.000000607. The molecule has 0 aromatic rings. The number of hydrogen-bond acceptors (Lipinski definition) is 6. The maximum Gasteiger partial charge on any atom is 0.148 e. The first-order valence-corrected chi connectivity index (χ1v) is 23.8.